The fraction of sp³-hybridized carbons (Fsp3) is 0.800. The Hall–Kier alpha value is -1.30. The molecule has 1 fully saturated rings. The van der Waals surface area contributed by atoms with Gasteiger partial charge in [0.1, 0.15) is 0 Å². The predicted octanol–water partition coefficient (Wildman–Crippen LogP) is -0.175. The van der Waals surface area contributed by atoms with E-state index in [1.807, 2.05) is 13.8 Å². The van der Waals surface area contributed by atoms with E-state index in [4.69, 9.17) is 10.2 Å². The summed E-state index contributed by atoms with van der Waals surface area (Å²) in [5, 5.41) is 17.5. The highest BCUT2D eigenvalue weighted by Crippen LogP contribution is 2.18. The first-order valence-electron chi connectivity index (χ1n) is 5.36. The number of urea groups is 1. The van der Waals surface area contributed by atoms with E-state index in [9.17, 15) is 9.59 Å². The van der Waals surface area contributed by atoms with Gasteiger partial charge in [0, 0.05) is 25.7 Å². The molecule has 0 aromatic rings. The molecule has 0 atom stereocenters. The SMILES string of the molecule is CC(C)N(CCO)C(=O)N1CC(C(=O)O)C1. The third-order valence-electron chi connectivity index (χ3n) is 2.71. The fourth-order valence-electron chi connectivity index (χ4n) is 1.66. The zero-order chi connectivity index (χ0) is 12.3. The number of rotatable bonds is 4. The summed E-state index contributed by atoms with van der Waals surface area (Å²) in [4.78, 5) is 25.5. The lowest BCUT2D eigenvalue weighted by Gasteiger charge is -2.41. The molecular formula is C10H18N2O4. The van der Waals surface area contributed by atoms with Crippen LogP contribution in [-0.2, 0) is 4.79 Å². The van der Waals surface area contributed by atoms with Crippen molar-refractivity contribution in [1.29, 1.82) is 0 Å². The minimum atomic E-state index is -0.859. The minimum absolute atomic E-state index is 0.00327. The van der Waals surface area contributed by atoms with Gasteiger partial charge in [-0.3, -0.25) is 4.79 Å². The van der Waals surface area contributed by atoms with Crippen LogP contribution in [0.15, 0.2) is 0 Å². The topological polar surface area (TPSA) is 81.1 Å². The van der Waals surface area contributed by atoms with Gasteiger partial charge in [0.25, 0.3) is 0 Å². The Morgan fingerprint density at radius 2 is 2.00 bits per heavy atom. The van der Waals surface area contributed by atoms with Crippen LogP contribution in [0.2, 0.25) is 0 Å². The summed E-state index contributed by atoms with van der Waals surface area (Å²) in [6, 6.07) is -0.190. The Bertz CT molecular complexity index is 274. The predicted molar refractivity (Wildman–Crippen MR) is 57.0 cm³/mol. The van der Waals surface area contributed by atoms with Crippen LogP contribution in [-0.4, -0.2) is 64.3 Å². The number of hydrogen-bond acceptors (Lipinski definition) is 3. The Morgan fingerprint density at radius 3 is 2.38 bits per heavy atom. The van der Waals surface area contributed by atoms with E-state index in [2.05, 4.69) is 0 Å². The van der Waals surface area contributed by atoms with Gasteiger partial charge in [-0.1, -0.05) is 0 Å². The number of amides is 2. The van der Waals surface area contributed by atoms with Crippen LogP contribution < -0.4 is 0 Å². The molecule has 1 heterocycles. The molecule has 0 unspecified atom stereocenters. The fourth-order valence-corrected chi connectivity index (χ4v) is 1.66. The summed E-state index contributed by atoms with van der Waals surface area (Å²) >= 11 is 0. The Kier molecular flexibility index (Phi) is 4.12. The van der Waals surface area contributed by atoms with Gasteiger partial charge in [-0.05, 0) is 13.8 Å². The summed E-state index contributed by atoms with van der Waals surface area (Å²) in [5.74, 6) is -1.30. The molecule has 6 nitrogen and oxygen atoms in total. The third kappa shape index (κ3) is 2.63. The molecule has 2 N–H and O–H groups in total. The highest BCUT2D eigenvalue weighted by Gasteiger charge is 2.37. The van der Waals surface area contributed by atoms with Gasteiger partial charge in [0.2, 0.25) is 0 Å². The van der Waals surface area contributed by atoms with Gasteiger partial charge in [-0.15, -0.1) is 0 Å². The highest BCUT2D eigenvalue weighted by atomic mass is 16.4. The Morgan fingerprint density at radius 1 is 1.44 bits per heavy atom. The molecule has 0 aliphatic carbocycles. The number of nitrogens with zero attached hydrogens (tertiary/aromatic N) is 2. The number of carboxylic acid groups (broad SMARTS) is 1. The number of carboxylic acids is 1. The first-order valence-corrected chi connectivity index (χ1v) is 5.36. The van der Waals surface area contributed by atoms with Crippen LogP contribution in [0.3, 0.4) is 0 Å². The molecule has 1 rings (SSSR count). The van der Waals surface area contributed by atoms with Crippen LogP contribution in [0.1, 0.15) is 13.8 Å². The van der Waals surface area contributed by atoms with Crippen molar-refractivity contribution in [1.82, 2.24) is 9.80 Å². The molecule has 1 saturated heterocycles. The molecule has 0 saturated carbocycles. The van der Waals surface area contributed by atoms with Gasteiger partial charge < -0.3 is 20.0 Å². The van der Waals surface area contributed by atoms with Crippen molar-refractivity contribution in [3.63, 3.8) is 0 Å². The lowest BCUT2D eigenvalue weighted by atomic mass is 10.0. The second kappa shape index (κ2) is 5.16. The monoisotopic (exact) mass is 230 g/mol. The molecule has 0 aromatic carbocycles. The summed E-state index contributed by atoms with van der Waals surface area (Å²) in [7, 11) is 0. The van der Waals surface area contributed by atoms with Crippen molar-refractivity contribution < 1.29 is 19.8 Å². The van der Waals surface area contributed by atoms with Crippen LogP contribution >= 0.6 is 0 Å². The number of likely N-dealkylation sites (tertiary alicyclic amines) is 1. The molecular weight excluding hydrogens is 212 g/mol. The number of aliphatic hydroxyl groups excluding tert-OH is 1. The molecule has 6 heteroatoms. The lowest BCUT2D eigenvalue weighted by Crippen LogP contribution is -2.58. The van der Waals surface area contributed by atoms with E-state index < -0.39 is 11.9 Å². The standard InChI is InChI=1S/C10H18N2O4/c1-7(2)12(3-4-13)10(16)11-5-8(6-11)9(14)15/h7-8,13H,3-6H2,1-2H3,(H,14,15). The highest BCUT2D eigenvalue weighted by molar-refractivity contribution is 5.80. The maximum absolute atomic E-state index is 11.9. The van der Waals surface area contributed by atoms with Crippen molar-refractivity contribution in [3.05, 3.63) is 0 Å². The number of carbonyl (C=O) groups excluding carboxylic acids is 1. The third-order valence-corrected chi connectivity index (χ3v) is 2.71. The van der Waals surface area contributed by atoms with E-state index in [0.717, 1.165) is 0 Å². The quantitative estimate of drug-likeness (QED) is 0.702. The van der Waals surface area contributed by atoms with E-state index in [0.29, 0.717) is 0 Å². The second-order valence-electron chi connectivity index (χ2n) is 4.23. The maximum atomic E-state index is 11.9. The number of aliphatic carboxylic acids is 1. The first-order chi connectivity index (χ1) is 7.47. The minimum Gasteiger partial charge on any atom is -0.481 e. The Labute approximate surface area is 94.4 Å². The number of hydrogen-bond donors (Lipinski definition) is 2. The molecule has 1 aliphatic rings. The van der Waals surface area contributed by atoms with Crippen molar-refractivity contribution in [2.75, 3.05) is 26.2 Å². The van der Waals surface area contributed by atoms with Crippen LogP contribution in [0, 0.1) is 5.92 Å². The summed E-state index contributed by atoms with van der Waals surface area (Å²) in [5.41, 5.74) is 0. The Balaban J connectivity index is 2.48. The van der Waals surface area contributed by atoms with Crippen molar-refractivity contribution in [3.8, 4) is 0 Å². The first kappa shape index (κ1) is 12.8. The summed E-state index contributed by atoms with van der Waals surface area (Å²) in [6.07, 6.45) is 0. The van der Waals surface area contributed by atoms with Crippen molar-refractivity contribution in [2.24, 2.45) is 5.92 Å². The zero-order valence-corrected chi connectivity index (χ0v) is 9.59. The molecule has 0 radical (unpaired) electrons. The van der Waals surface area contributed by atoms with Gasteiger partial charge in [0.05, 0.1) is 12.5 Å². The van der Waals surface area contributed by atoms with Crippen LogP contribution in [0.5, 0.6) is 0 Å². The molecule has 2 amide bonds. The van der Waals surface area contributed by atoms with Gasteiger partial charge in [-0.25, -0.2) is 4.79 Å². The molecule has 92 valence electrons. The van der Waals surface area contributed by atoms with E-state index in [-0.39, 0.29) is 38.3 Å². The molecule has 1 aliphatic heterocycles. The molecule has 16 heavy (non-hydrogen) atoms. The van der Waals surface area contributed by atoms with E-state index in [1.54, 1.807) is 0 Å². The maximum Gasteiger partial charge on any atom is 0.320 e. The largest absolute Gasteiger partial charge is 0.481 e. The second-order valence-corrected chi connectivity index (χ2v) is 4.23. The molecule has 0 aromatic heterocycles. The van der Waals surface area contributed by atoms with Gasteiger partial charge in [0.15, 0.2) is 0 Å². The average molecular weight is 230 g/mol. The van der Waals surface area contributed by atoms with Crippen LogP contribution in [0.25, 0.3) is 0 Å². The normalized spacial score (nSPS) is 16.1. The zero-order valence-electron chi connectivity index (χ0n) is 9.59. The van der Waals surface area contributed by atoms with Crippen LogP contribution in [0.4, 0.5) is 4.79 Å². The van der Waals surface area contributed by atoms with E-state index >= 15 is 0 Å². The van der Waals surface area contributed by atoms with Crippen molar-refractivity contribution in [2.45, 2.75) is 19.9 Å². The smallest absolute Gasteiger partial charge is 0.320 e. The number of aliphatic hydroxyl groups is 1. The molecule has 0 bridgehead atoms. The molecule has 0 spiro atoms. The lowest BCUT2D eigenvalue weighted by molar-refractivity contribution is -0.146. The van der Waals surface area contributed by atoms with Crippen molar-refractivity contribution >= 4 is 12.0 Å². The van der Waals surface area contributed by atoms with E-state index in [1.165, 1.54) is 9.80 Å². The summed E-state index contributed by atoms with van der Waals surface area (Å²) in [6.45, 7) is 4.46. The van der Waals surface area contributed by atoms with Gasteiger partial charge >= 0.3 is 12.0 Å². The van der Waals surface area contributed by atoms with Gasteiger partial charge in [-0.2, -0.15) is 0 Å². The number of carbonyl (C=O) groups is 2. The summed E-state index contributed by atoms with van der Waals surface area (Å²) < 4.78 is 0. The average Bonchev–Trinajstić information content (AvgIpc) is 2.10.